The molecule has 6 unspecified atom stereocenters. The van der Waals surface area contributed by atoms with Gasteiger partial charge >= 0.3 is 0 Å². The first-order valence-electron chi connectivity index (χ1n) is 30.1. The van der Waals surface area contributed by atoms with E-state index in [9.17, 15) is 9.59 Å². The molecule has 4 N–H and O–H groups in total. The van der Waals surface area contributed by atoms with Gasteiger partial charge in [0.25, 0.3) is 0 Å². The van der Waals surface area contributed by atoms with Crippen LogP contribution in [0.5, 0.6) is 0 Å². The number of allylic oxidation sites excluding steroid dienone is 5. The van der Waals surface area contributed by atoms with Crippen LogP contribution in [-0.2, 0) is 31.2 Å². The number of benzene rings is 4. The molecule has 396 valence electrons. The topological polar surface area (TPSA) is 107 Å². The Morgan fingerprint density at radius 1 is 0.474 bits per heavy atom. The molecule has 4 aromatic rings. The van der Waals surface area contributed by atoms with Gasteiger partial charge in [-0.25, -0.2) is 4.99 Å². The van der Waals surface area contributed by atoms with Crippen molar-refractivity contribution in [1.29, 1.82) is 0 Å². The van der Waals surface area contributed by atoms with Gasteiger partial charge in [0.15, 0.2) is 5.71 Å². The maximum atomic E-state index is 15.6. The molecule has 4 aliphatic heterocycles. The van der Waals surface area contributed by atoms with E-state index >= 15 is 5.11 Å². The highest BCUT2D eigenvalue weighted by Crippen LogP contribution is 2.56. The fraction of sp³-hybridized carbons (Fsp3) is 0.522. The number of anilines is 3. The summed E-state index contributed by atoms with van der Waals surface area (Å²) < 4.78 is 0. The van der Waals surface area contributed by atoms with Gasteiger partial charge in [0, 0.05) is 78.9 Å². The van der Waals surface area contributed by atoms with Crippen LogP contribution in [0.4, 0.5) is 22.7 Å². The zero-order valence-electron chi connectivity index (χ0n) is 47.1. The zero-order valence-corrected chi connectivity index (χ0v) is 47.1. The van der Waals surface area contributed by atoms with E-state index in [-0.39, 0.29) is 27.7 Å². The number of hydrogen-bond donors (Lipinski definition) is 4. The molecule has 13 rings (SSSR count). The molecule has 7 heteroatoms. The molecular formula is C69H82N4O3. The van der Waals surface area contributed by atoms with Gasteiger partial charge in [-0.2, -0.15) is 0 Å². The fourth-order valence-corrected chi connectivity index (χ4v) is 17.0. The molecule has 3 saturated carbocycles. The van der Waals surface area contributed by atoms with Crippen molar-refractivity contribution in [2.45, 2.75) is 230 Å². The summed E-state index contributed by atoms with van der Waals surface area (Å²) in [6, 6.07) is 20.1. The molecular weight excluding hydrogens is 933 g/mol. The van der Waals surface area contributed by atoms with Crippen molar-refractivity contribution >= 4 is 40.0 Å². The Bertz CT molecular complexity index is 3330. The van der Waals surface area contributed by atoms with Crippen LogP contribution in [0.2, 0.25) is 0 Å². The van der Waals surface area contributed by atoms with Crippen molar-refractivity contribution in [3.8, 4) is 22.3 Å². The SMILES string of the molecule is Cc1cc(-c2cc(C)c3c(c2)C2(C)CCCCCCC2N3)cc2c1N/C1=C(C3=C([O-])/C(=C4/CCCCCC5(C)C4=[NH+]c4c(C)cc(-c6cc(C)c7c(c6)C6(C)CCCCCCC6N7)cc45)C(=O)C3=O)/CCCCCC12C. The summed E-state index contributed by atoms with van der Waals surface area (Å²) in [6.45, 7) is 18.6. The summed E-state index contributed by atoms with van der Waals surface area (Å²) in [5.41, 5.74) is 22.9. The second-order valence-electron chi connectivity index (χ2n) is 26.5. The van der Waals surface area contributed by atoms with Crippen molar-refractivity contribution in [2.75, 3.05) is 16.0 Å². The van der Waals surface area contributed by atoms with Crippen LogP contribution in [0.1, 0.15) is 213 Å². The Kier molecular flexibility index (Phi) is 11.9. The van der Waals surface area contributed by atoms with Gasteiger partial charge < -0.3 is 21.1 Å². The maximum absolute atomic E-state index is 15.6. The first-order valence-corrected chi connectivity index (χ1v) is 30.1. The second kappa shape index (κ2) is 18.2. The van der Waals surface area contributed by atoms with E-state index in [2.05, 4.69) is 125 Å². The zero-order chi connectivity index (χ0) is 52.6. The molecule has 4 aromatic carbocycles. The average Bonchev–Trinajstić information content (AvgIpc) is 4.09. The number of aryl methyl sites for hydroxylation is 4. The van der Waals surface area contributed by atoms with Crippen molar-refractivity contribution in [2.24, 2.45) is 0 Å². The van der Waals surface area contributed by atoms with Gasteiger partial charge in [-0.05, 0) is 215 Å². The lowest BCUT2D eigenvalue weighted by Crippen LogP contribution is -2.67. The van der Waals surface area contributed by atoms with E-state index in [1.165, 1.54) is 144 Å². The predicted octanol–water partition coefficient (Wildman–Crippen LogP) is 14.1. The predicted molar refractivity (Wildman–Crippen MR) is 309 cm³/mol. The summed E-state index contributed by atoms with van der Waals surface area (Å²) in [5.74, 6) is -1.63. The van der Waals surface area contributed by atoms with Crippen molar-refractivity contribution < 1.29 is 19.7 Å². The lowest BCUT2D eigenvalue weighted by molar-refractivity contribution is -0.351. The van der Waals surface area contributed by atoms with Crippen LogP contribution < -0.4 is 26.0 Å². The molecule has 0 saturated heterocycles. The van der Waals surface area contributed by atoms with Crippen LogP contribution >= 0.6 is 0 Å². The molecule has 76 heavy (non-hydrogen) atoms. The number of carbonyl (C=O) groups is 2. The highest BCUT2D eigenvalue weighted by atomic mass is 16.3. The molecule has 0 radical (unpaired) electrons. The number of fused-ring (bicyclic) bond motifs is 12. The van der Waals surface area contributed by atoms with Gasteiger partial charge in [0.05, 0.1) is 5.41 Å². The summed E-state index contributed by atoms with van der Waals surface area (Å²) in [5, 5.41) is 27.5. The number of rotatable bonds is 3. The number of Topliss-reactive ketones (excluding diaryl/α,β-unsaturated/α-hetero) is 2. The van der Waals surface area contributed by atoms with E-state index in [4.69, 9.17) is 0 Å². The lowest BCUT2D eigenvalue weighted by Gasteiger charge is -2.34. The quantitative estimate of drug-likeness (QED) is 0.120. The van der Waals surface area contributed by atoms with E-state index in [1.807, 2.05) is 0 Å². The Morgan fingerprint density at radius 3 is 1.50 bits per heavy atom. The molecule has 0 aromatic heterocycles. The standard InChI is InChI=1S/C69H82N4O3/c1-39-31-43(35-49-57(39)70-53-25-17-9-11-19-27-66(49,53)5)45-33-41(3)59-51(37-45)68(7)29-21-13-15-23-47(64(68)72-59)55-61(74)56(63(76)62(55)75)48-24-16-14-22-30-69(8)52-38-46(34-42(4)60(52)73-65(48)69)44-32-40(2)58-50(36-44)67(6)28-20-12-10-18-26-54(67)71-58/h31-38,53-54,70-72,74H,9-30H2,1-8H3/b56-48+,64-47-. The highest BCUT2D eigenvalue weighted by molar-refractivity contribution is 6.55. The Labute approximate surface area is 453 Å². The Hall–Kier alpha value is -5.69. The third kappa shape index (κ3) is 7.41. The summed E-state index contributed by atoms with van der Waals surface area (Å²) in [4.78, 5) is 33.8. The molecule has 7 nitrogen and oxygen atoms in total. The largest absolute Gasteiger partial charge is 0.871 e. The van der Waals surface area contributed by atoms with Crippen LogP contribution in [0.3, 0.4) is 0 Å². The third-order valence-corrected chi connectivity index (χ3v) is 21.6. The van der Waals surface area contributed by atoms with Gasteiger partial charge in [0.1, 0.15) is 0 Å². The number of carbonyl (C=O) groups excluding carboxylic acids is 2. The van der Waals surface area contributed by atoms with Crippen LogP contribution in [-0.4, -0.2) is 29.4 Å². The van der Waals surface area contributed by atoms with E-state index < -0.39 is 22.4 Å². The average molecular weight is 1020 g/mol. The molecule has 5 aliphatic carbocycles. The van der Waals surface area contributed by atoms with Crippen LogP contribution in [0, 0.1) is 27.7 Å². The third-order valence-electron chi connectivity index (χ3n) is 21.6. The minimum absolute atomic E-state index is 0.105. The van der Waals surface area contributed by atoms with Crippen LogP contribution in [0.25, 0.3) is 22.3 Å². The van der Waals surface area contributed by atoms with E-state index in [1.54, 1.807) is 0 Å². The van der Waals surface area contributed by atoms with Crippen LogP contribution in [0.15, 0.2) is 82.3 Å². The molecule has 4 heterocycles. The van der Waals surface area contributed by atoms with Crippen molar-refractivity contribution in [3.05, 3.63) is 127 Å². The summed E-state index contributed by atoms with van der Waals surface area (Å²) in [7, 11) is 0. The molecule has 0 amide bonds. The Balaban J connectivity index is 0.888. The summed E-state index contributed by atoms with van der Waals surface area (Å²) in [6.07, 6.45) is 23.9. The lowest BCUT2D eigenvalue weighted by atomic mass is 9.69. The molecule has 6 atom stereocenters. The normalized spacial score (nSPS) is 31.9. The molecule has 0 bridgehead atoms. The highest BCUT2D eigenvalue weighted by Gasteiger charge is 2.52. The van der Waals surface area contributed by atoms with Crippen molar-refractivity contribution in [3.63, 3.8) is 0 Å². The number of hydrogen-bond acceptors (Lipinski definition) is 6. The molecule has 0 spiro atoms. The van der Waals surface area contributed by atoms with Gasteiger partial charge in [-0.3, -0.25) is 9.59 Å². The Morgan fingerprint density at radius 2 is 0.921 bits per heavy atom. The minimum Gasteiger partial charge on any atom is -0.871 e. The number of ketones is 2. The maximum Gasteiger partial charge on any atom is 0.233 e. The molecule has 3 fully saturated rings. The smallest absolute Gasteiger partial charge is 0.233 e. The number of nitrogens with one attached hydrogen (secondary N) is 4. The van der Waals surface area contributed by atoms with Gasteiger partial charge in [0.2, 0.25) is 17.3 Å². The fourth-order valence-electron chi connectivity index (χ4n) is 17.0. The second-order valence-corrected chi connectivity index (χ2v) is 26.5. The monoisotopic (exact) mass is 1010 g/mol. The van der Waals surface area contributed by atoms with E-state index in [0.717, 1.165) is 96.4 Å². The first kappa shape index (κ1) is 49.9. The van der Waals surface area contributed by atoms with Crippen molar-refractivity contribution in [1.82, 2.24) is 0 Å². The molecule has 9 aliphatic rings. The van der Waals surface area contributed by atoms with E-state index in [0.29, 0.717) is 24.9 Å². The summed E-state index contributed by atoms with van der Waals surface area (Å²) >= 11 is 0. The minimum atomic E-state index is -0.628. The first-order chi connectivity index (χ1) is 36.5. The van der Waals surface area contributed by atoms with Gasteiger partial charge in [-0.1, -0.05) is 96.7 Å². The van der Waals surface area contributed by atoms with Gasteiger partial charge in [-0.15, -0.1) is 0 Å².